The average molecular weight is 226 g/mol. The molecule has 0 unspecified atom stereocenters. The van der Waals surface area contributed by atoms with Gasteiger partial charge in [0.1, 0.15) is 0 Å². The molecule has 0 saturated heterocycles. The second-order valence-corrected chi connectivity index (χ2v) is 4.01. The fraction of sp³-hybridized carbons (Fsp3) is 0.182. The largest absolute Gasteiger partial charge is 0.293 e. The Morgan fingerprint density at radius 2 is 1.79 bits per heavy atom. The van der Waals surface area contributed by atoms with Crippen LogP contribution in [0.25, 0.3) is 5.57 Å². The van der Waals surface area contributed by atoms with Crippen LogP contribution in [0.2, 0.25) is 10.0 Å². The van der Waals surface area contributed by atoms with Gasteiger partial charge in [0.2, 0.25) is 0 Å². The van der Waals surface area contributed by atoms with Crippen molar-refractivity contribution < 1.29 is 0 Å². The first-order valence-electron chi connectivity index (χ1n) is 4.39. The van der Waals surface area contributed by atoms with Gasteiger partial charge in [-0.05, 0) is 29.3 Å². The van der Waals surface area contributed by atoms with Crippen molar-refractivity contribution in [1.82, 2.24) is 0 Å². The lowest BCUT2D eigenvalue weighted by molar-refractivity contribution is 1.20. The third-order valence-corrected chi connectivity index (χ3v) is 2.55. The molecule has 72 valence electrons. The highest BCUT2D eigenvalue weighted by Crippen LogP contribution is 2.26. The summed E-state index contributed by atoms with van der Waals surface area (Å²) >= 11 is 11.8. The van der Waals surface area contributed by atoms with Crippen LogP contribution in [-0.2, 0) is 0 Å². The van der Waals surface area contributed by atoms with Gasteiger partial charge in [0.05, 0.1) is 6.54 Å². The minimum atomic E-state index is 0.677. The van der Waals surface area contributed by atoms with Gasteiger partial charge in [-0.15, -0.1) is 0 Å². The van der Waals surface area contributed by atoms with Gasteiger partial charge >= 0.3 is 0 Å². The van der Waals surface area contributed by atoms with E-state index < -0.39 is 0 Å². The highest BCUT2D eigenvalue weighted by atomic mass is 35.5. The van der Waals surface area contributed by atoms with Gasteiger partial charge in [0, 0.05) is 22.7 Å². The van der Waals surface area contributed by atoms with E-state index in [1.54, 1.807) is 6.07 Å². The minimum Gasteiger partial charge on any atom is -0.293 e. The predicted molar refractivity (Wildman–Crippen MR) is 62.4 cm³/mol. The SMILES string of the molecule is Clc1cc(Cl)cc(C2=CCN=CC2)c1. The summed E-state index contributed by atoms with van der Waals surface area (Å²) in [6.45, 7) is 0.749. The maximum atomic E-state index is 5.92. The second-order valence-electron chi connectivity index (χ2n) is 3.14. The molecule has 14 heavy (non-hydrogen) atoms. The van der Waals surface area contributed by atoms with Crippen LogP contribution in [0.5, 0.6) is 0 Å². The number of aliphatic imine (C=N–C) groups is 1. The molecule has 1 nitrogen and oxygen atoms in total. The fourth-order valence-corrected chi connectivity index (χ4v) is 1.98. The fourth-order valence-electron chi connectivity index (χ4n) is 1.46. The van der Waals surface area contributed by atoms with Gasteiger partial charge in [0.25, 0.3) is 0 Å². The molecule has 0 amide bonds. The van der Waals surface area contributed by atoms with Crippen LogP contribution in [-0.4, -0.2) is 12.8 Å². The molecule has 3 heteroatoms. The van der Waals surface area contributed by atoms with E-state index in [9.17, 15) is 0 Å². The summed E-state index contributed by atoms with van der Waals surface area (Å²) in [5.74, 6) is 0. The molecule has 0 aliphatic carbocycles. The molecule has 1 aromatic rings. The number of allylic oxidation sites excluding steroid dienone is 1. The van der Waals surface area contributed by atoms with Gasteiger partial charge in [-0.3, -0.25) is 4.99 Å². The van der Waals surface area contributed by atoms with Crippen molar-refractivity contribution in [2.45, 2.75) is 6.42 Å². The zero-order chi connectivity index (χ0) is 9.97. The zero-order valence-corrected chi connectivity index (χ0v) is 9.02. The molecule has 2 rings (SSSR count). The second kappa shape index (κ2) is 4.16. The summed E-state index contributed by atoms with van der Waals surface area (Å²) < 4.78 is 0. The minimum absolute atomic E-state index is 0.677. The predicted octanol–water partition coefficient (Wildman–Crippen LogP) is 3.85. The van der Waals surface area contributed by atoms with Crippen LogP contribution in [0, 0.1) is 0 Å². The summed E-state index contributed by atoms with van der Waals surface area (Å²) in [5, 5.41) is 1.35. The third-order valence-electron chi connectivity index (χ3n) is 2.12. The Balaban J connectivity index is 2.36. The number of nitrogens with zero attached hydrogens (tertiary/aromatic N) is 1. The van der Waals surface area contributed by atoms with E-state index in [0.717, 1.165) is 18.5 Å². The van der Waals surface area contributed by atoms with Crippen molar-refractivity contribution in [3.8, 4) is 0 Å². The molecule has 0 saturated carbocycles. The number of halogens is 2. The van der Waals surface area contributed by atoms with Gasteiger partial charge in [-0.25, -0.2) is 0 Å². The molecule has 1 aliphatic heterocycles. The Morgan fingerprint density at radius 1 is 1.07 bits per heavy atom. The molecule has 0 fully saturated rings. The lowest BCUT2D eigenvalue weighted by Crippen LogP contribution is -1.93. The normalized spacial score (nSPS) is 15.4. The number of dihydropyridines is 1. The van der Waals surface area contributed by atoms with E-state index in [0.29, 0.717) is 10.0 Å². The molecular weight excluding hydrogens is 217 g/mol. The average Bonchev–Trinajstić information content (AvgIpc) is 2.18. The number of rotatable bonds is 1. The van der Waals surface area contributed by atoms with E-state index in [4.69, 9.17) is 23.2 Å². The van der Waals surface area contributed by atoms with Crippen LogP contribution >= 0.6 is 23.2 Å². The molecule has 1 aliphatic rings. The zero-order valence-electron chi connectivity index (χ0n) is 7.50. The smallest absolute Gasteiger partial charge is 0.0572 e. The first-order chi connectivity index (χ1) is 6.75. The van der Waals surface area contributed by atoms with Crippen LogP contribution in [0.4, 0.5) is 0 Å². The van der Waals surface area contributed by atoms with Crippen molar-refractivity contribution in [2.24, 2.45) is 4.99 Å². The molecule has 1 heterocycles. The maximum Gasteiger partial charge on any atom is 0.0572 e. The highest BCUT2D eigenvalue weighted by molar-refractivity contribution is 6.34. The maximum absolute atomic E-state index is 5.92. The topological polar surface area (TPSA) is 12.4 Å². The van der Waals surface area contributed by atoms with Gasteiger partial charge in [-0.1, -0.05) is 29.3 Å². The summed E-state index contributed by atoms with van der Waals surface area (Å²) in [5.41, 5.74) is 2.33. The third kappa shape index (κ3) is 2.17. The van der Waals surface area contributed by atoms with Crippen molar-refractivity contribution in [3.63, 3.8) is 0 Å². The first kappa shape index (κ1) is 9.75. The van der Waals surface area contributed by atoms with Crippen molar-refractivity contribution in [1.29, 1.82) is 0 Å². The van der Waals surface area contributed by atoms with E-state index >= 15 is 0 Å². The Hall–Kier alpha value is -0.790. The van der Waals surface area contributed by atoms with Gasteiger partial charge in [-0.2, -0.15) is 0 Å². The molecule has 1 aromatic carbocycles. The van der Waals surface area contributed by atoms with Gasteiger partial charge in [0.15, 0.2) is 0 Å². The number of hydrogen-bond acceptors (Lipinski definition) is 1. The lowest BCUT2D eigenvalue weighted by Gasteiger charge is -2.09. The summed E-state index contributed by atoms with van der Waals surface area (Å²) in [7, 11) is 0. The van der Waals surface area contributed by atoms with Crippen molar-refractivity contribution in [3.05, 3.63) is 39.9 Å². The quantitative estimate of drug-likeness (QED) is 0.689. The molecular formula is C11H9Cl2N. The Labute approximate surface area is 93.1 Å². The Kier molecular flexibility index (Phi) is 2.90. The van der Waals surface area contributed by atoms with Crippen LogP contribution in [0.1, 0.15) is 12.0 Å². The summed E-state index contributed by atoms with van der Waals surface area (Å²) in [4.78, 5) is 4.13. The molecule has 0 atom stereocenters. The monoisotopic (exact) mass is 225 g/mol. The molecule has 0 radical (unpaired) electrons. The lowest BCUT2D eigenvalue weighted by atomic mass is 10.0. The van der Waals surface area contributed by atoms with E-state index in [-0.39, 0.29) is 0 Å². The first-order valence-corrected chi connectivity index (χ1v) is 5.15. The molecule has 0 N–H and O–H groups in total. The number of benzene rings is 1. The Morgan fingerprint density at radius 3 is 2.36 bits per heavy atom. The molecule has 0 spiro atoms. The summed E-state index contributed by atoms with van der Waals surface area (Å²) in [6, 6.07) is 5.60. The Bertz CT molecular complexity index is 387. The van der Waals surface area contributed by atoms with Crippen molar-refractivity contribution >= 4 is 35.0 Å². The van der Waals surface area contributed by atoms with Crippen LogP contribution < -0.4 is 0 Å². The van der Waals surface area contributed by atoms with E-state index in [1.165, 1.54) is 5.57 Å². The van der Waals surface area contributed by atoms with E-state index in [2.05, 4.69) is 11.1 Å². The molecule has 0 aromatic heterocycles. The number of hydrogen-bond donors (Lipinski definition) is 0. The van der Waals surface area contributed by atoms with Crippen LogP contribution in [0.15, 0.2) is 29.3 Å². The highest BCUT2D eigenvalue weighted by Gasteiger charge is 2.05. The summed E-state index contributed by atoms with van der Waals surface area (Å²) in [6.07, 6.45) is 4.88. The van der Waals surface area contributed by atoms with Crippen molar-refractivity contribution in [2.75, 3.05) is 6.54 Å². The van der Waals surface area contributed by atoms with Gasteiger partial charge < -0.3 is 0 Å². The standard InChI is InChI=1S/C11H9Cl2N/c12-10-5-9(6-11(13)7-10)8-1-3-14-4-2-8/h1,4-7H,2-3H2. The van der Waals surface area contributed by atoms with E-state index in [1.807, 2.05) is 18.3 Å². The molecule has 0 bridgehead atoms. The van der Waals surface area contributed by atoms with Crippen LogP contribution in [0.3, 0.4) is 0 Å².